The predicted molar refractivity (Wildman–Crippen MR) is 150 cm³/mol. The van der Waals surface area contributed by atoms with Gasteiger partial charge in [-0.05, 0) is 67.9 Å². The number of fused-ring (bicyclic) bond motifs is 1. The number of sulfonamides is 1. The minimum atomic E-state index is -3.61. The molecular formula is C29H33N3O6S. The highest BCUT2D eigenvalue weighted by atomic mass is 32.2. The van der Waals surface area contributed by atoms with Gasteiger partial charge in [0.05, 0.1) is 17.1 Å². The van der Waals surface area contributed by atoms with Crippen LogP contribution in [-0.4, -0.2) is 56.9 Å². The number of anilines is 2. The summed E-state index contributed by atoms with van der Waals surface area (Å²) in [5.74, 6) is 0.633. The molecule has 3 aromatic rings. The number of amides is 2. The van der Waals surface area contributed by atoms with Crippen LogP contribution in [-0.2, 0) is 14.8 Å². The lowest BCUT2D eigenvalue weighted by Crippen LogP contribution is -2.46. The van der Waals surface area contributed by atoms with E-state index in [1.165, 1.54) is 28.6 Å². The molecule has 0 spiro atoms. The molecule has 4 rings (SSSR count). The summed E-state index contributed by atoms with van der Waals surface area (Å²) in [6, 6.07) is 18.6. The minimum Gasteiger partial charge on any atom is -0.492 e. The molecule has 0 bridgehead atoms. The Morgan fingerprint density at radius 2 is 1.77 bits per heavy atom. The minimum absolute atomic E-state index is 0.134. The molecule has 1 aliphatic heterocycles. The van der Waals surface area contributed by atoms with E-state index in [2.05, 4.69) is 5.32 Å². The summed E-state index contributed by atoms with van der Waals surface area (Å²) in [5.41, 5.74) is 2.47. The van der Waals surface area contributed by atoms with E-state index < -0.39 is 22.0 Å². The number of hydrogen-bond donors (Lipinski definition) is 1. The summed E-state index contributed by atoms with van der Waals surface area (Å²) in [6.07, 6.45) is -0.692. The van der Waals surface area contributed by atoms with Crippen molar-refractivity contribution in [2.24, 2.45) is 0 Å². The van der Waals surface area contributed by atoms with Crippen molar-refractivity contribution in [3.05, 3.63) is 77.9 Å². The van der Waals surface area contributed by atoms with Gasteiger partial charge in [-0.1, -0.05) is 26.0 Å². The molecule has 10 heteroatoms. The Balaban J connectivity index is 1.45. The van der Waals surface area contributed by atoms with Crippen molar-refractivity contribution in [1.82, 2.24) is 4.31 Å². The van der Waals surface area contributed by atoms with Gasteiger partial charge in [0.2, 0.25) is 10.0 Å². The second kappa shape index (κ2) is 11.9. The Morgan fingerprint density at radius 1 is 1.05 bits per heavy atom. The van der Waals surface area contributed by atoms with Crippen molar-refractivity contribution in [2.75, 3.05) is 36.5 Å². The SMILES string of the molecule is CCN(CC)S(=O)(=O)c1ccc(C(=O)Nc2ccc3c(c2)OC(C)C(=O)N3CCOc2cccc(C)c2)cc1. The Hall–Kier alpha value is -3.89. The van der Waals surface area contributed by atoms with Crippen molar-refractivity contribution in [1.29, 1.82) is 0 Å². The average Bonchev–Trinajstić information content (AvgIpc) is 2.91. The van der Waals surface area contributed by atoms with E-state index in [-0.39, 0.29) is 10.8 Å². The quantitative estimate of drug-likeness (QED) is 0.399. The van der Waals surface area contributed by atoms with Crippen molar-refractivity contribution >= 4 is 33.2 Å². The molecule has 0 saturated carbocycles. The molecule has 0 fully saturated rings. The van der Waals surface area contributed by atoms with E-state index in [1.807, 2.05) is 31.2 Å². The van der Waals surface area contributed by atoms with Crippen LogP contribution >= 0.6 is 0 Å². The molecule has 9 nitrogen and oxygen atoms in total. The topological polar surface area (TPSA) is 105 Å². The van der Waals surface area contributed by atoms with Crippen LogP contribution in [0.15, 0.2) is 71.6 Å². The smallest absolute Gasteiger partial charge is 0.267 e. The highest BCUT2D eigenvalue weighted by Crippen LogP contribution is 2.36. The highest BCUT2D eigenvalue weighted by Gasteiger charge is 2.31. The van der Waals surface area contributed by atoms with Crippen LogP contribution < -0.4 is 19.7 Å². The third-order valence-electron chi connectivity index (χ3n) is 6.46. The molecule has 3 aromatic carbocycles. The first-order valence-corrected chi connectivity index (χ1v) is 14.3. The van der Waals surface area contributed by atoms with Crippen LogP contribution in [0.25, 0.3) is 0 Å². The van der Waals surface area contributed by atoms with Crippen LogP contribution in [0.3, 0.4) is 0 Å². The van der Waals surface area contributed by atoms with Gasteiger partial charge in [0.15, 0.2) is 6.10 Å². The van der Waals surface area contributed by atoms with Crippen molar-refractivity contribution in [3.63, 3.8) is 0 Å². The van der Waals surface area contributed by atoms with Crippen LogP contribution in [0.1, 0.15) is 36.7 Å². The summed E-state index contributed by atoms with van der Waals surface area (Å²) in [6.45, 7) is 8.59. The molecule has 1 N–H and O–H groups in total. The molecule has 2 amide bonds. The fraction of sp³-hybridized carbons (Fsp3) is 0.310. The lowest BCUT2D eigenvalue weighted by atomic mass is 10.1. The van der Waals surface area contributed by atoms with Gasteiger partial charge in [-0.25, -0.2) is 8.42 Å². The number of benzene rings is 3. The van der Waals surface area contributed by atoms with E-state index in [0.29, 0.717) is 48.9 Å². The maximum absolute atomic E-state index is 12.9. The van der Waals surface area contributed by atoms with Gasteiger partial charge in [0, 0.05) is 30.4 Å². The van der Waals surface area contributed by atoms with Crippen molar-refractivity contribution in [2.45, 2.75) is 38.7 Å². The molecule has 0 aliphatic carbocycles. The molecule has 1 aliphatic rings. The number of nitrogens with one attached hydrogen (secondary N) is 1. The average molecular weight is 552 g/mol. The summed E-state index contributed by atoms with van der Waals surface area (Å²) in [7, 11) is -3.61. The lowest BCUT2D eigenvalue weighted by Gasteiger charge is -2.33. The fourth-order valence-electron chi connectivity index (χ4n) is 4.37. The molecule has 1 heterocycles. The standard InChI is InChI=1S/C29H33N3O6S/c1-5-31(6-2)39(35,36)25-13-10-22(11-14-25)28(33)30-23-12-15-26-27(19-23)38-21(4)29(34)32(26)16-17-37-24-9-7-8-20(3)18-24/h7-15,18-19,21H,5-6,16-17H2,1-4H3,(H,30,33). The molecule has 0 saturated heterocycles. The second-order valence-electron chi connectivity index (χ2n) is 9.17. The van der Waals surface area contributed by atoms with Gasteiger partial charge in [-0.3, -0.25) is 9.59 Å². The lowest BCUT2D eigenvalue weighted by molar-refractivity contribution is -0.125. The van der Waals surface area contributed by atoms with Gasteiger partial charge < -0.3 is 19.7 Å². The molecule has 0 aromatic heterocycles. The van der Waals surface area contributed by atoms with Crippen molar-refractivity contribution < 1.29 is 27.5 Å². The molecular weight excluding hydrogens is 518 g/mol. The zero-order chi connectivity index (χ0) is 28.2. The summed E-state index contributed by atoms with van der Waals surface area (Å²) >= 11 is 0. The van der Waals surface area contributed by atoms with E-state index >= 15 is 0 Å². The second-order valence-corrected chi connectivity index (χ2v) is 11.1. The fourth-order valence-corrected chi connectivity index (χ4v) is 5.83. The number of aryl methyl sites for hydroxylation is 1. The highest BCUT2D eigenvalue weighted by molar-refractivity contribution is 7.89. The maximum Gasteiger partial charge on any atom is 0.267 e. The molecule has 206 valence electrons. The zero-order valence-corrected chi connectivity index (χ0v) is 23.3. The van der Waals surface area contributed by atoms with Crippen LogP contribution in [0.4, 0.5) is 11.4 Å². The molecule has 1 atom stereocenters. The molecule has 39 heavy (non-hydrogen) atoms. The Morgan fingerprint density at radius 3 is 2.44 bits per heavy atom. The summed E-state index contributed by atoms with van der Waals surface area (Å²) < 4.78 is 38.4. The van der Waals surface area contributed by atoms with E-state index in [4.69, 9.17) is 9.47 Å². The van der Waals surface area contributed by atoms with E-state index in [0.717, 1.165) is 11.3 Å². The van der Waals surface area contributed by atoms with Crippen molar-refractivity contribution in [3.8, 4) is 11.5 Å². The first-order chi connectivity index (χ1) is 18.6. The van der Waals surface area contributed by atoms with Gasteiger partial charge in [0.25, 0.3) is 11.8 Å². The number of nitrogens with zero attached hydrogens (tertiary/aromatic N) is 2. The number of rotatable bonds is 10. The van der Waals surface area contributed by atoms with Gasteiger partial charge in [-0.2, -0.15) is 4.31 Å². The monoisotopic (exact) mass is 551 g/mol. The molecule has 0 radical (unpaired) electrons. The van der Waals surface area contributed by atoms with Gasteiger partial charge in [0.1, 0.15) is 18.1 Å². The largest absolute Gasteiger partial charge is 0.492 e. The predicted octanol–water partition coefficient (Wildman–Crippen LogP) is 4.47. The van der Waals surface area contributed by atoms with E-state index in [9.17, 15) is 18.0 Å². The molecule has 1 unspecified atom stereocenters. The normalized spacial score (nSPS) is 15.1. The van der Waals surface area contributed by atoms with Gasteiger partial charge in [-0.15, -0.1) is 0 Å². The first kappa shape index (κ1) is 28.1. The summed E-state index contributed by atoms with van der Waals surface area (Å²) in [5, 5.41) is 2.82. The first-order valence-electron chi connectivity index (χ1n) is 12.9. The van der Waals surface area contributed by atoms with Crippen LogP contribution in [0.5, 0.6) is 11.5 Å². The Bertz CT molecular complexity index is 1450. The third kappa shape index (κ3) is 6.23. The zero-order valence-electron chi connectivity index (χ0n) is 22.5. The maximum atomic E-state index is 12.9. The number of carbonyl (C=O) groups is 2. The van der Waals surface area contributed by atoms with E-state index in [1.54, 1.807) is 43.9 Å². The summed E-state index contributed by atoms with van der Waals surface area (Å²) in [4.78, 5) is 27.5. The van der Waals surface area contributed by atoms with Crippen LogP contribution in [0.2, 0.25) is 0 Å². The Labute approximate surface area is 229 Å². The van der Waals surface area contributed by atoms with Gasteiger partial charge >= 0.3 is 0 Å². The van der Waals surface area contributed by atoms with Crippen LogP contribution in [0, 0.1) is 6.92 Å². The third-order valence-corrected chi connectivity index (χ3v) is 8.52. The Kier molecular flexibility index (Phi) is 8.57. The number of ether oxygens (including phenoxy) is 2. The number of hydrogen-bond acceptors (Lipinski definition) is 6. The number of carbonyl (C=O) groups excluding carboxylic acids is 2.